The van der Waals surface area contributed by atoms with Gasteiger partial charge in [-0.05, 0) is 59.6 Å². The normalized spacial score (nSPS) is 10.3. The first kappa shape index (κ1) is 16.0. The van der Waals surface area contributed by atoms with E-state index in [0.717, 1.165) is 25.8 Å². The molecule has 0 saturated carbocycles. The molecule has 0 saturated heterocycles. The molecule has 2 aromatic carbocycles. The molecule has 5 heteroatoms. The number of amides is 1. The molecule has 0 unspecified atom stereocenters. The van der Waals surface area contributed by atoms with Crippen molar-refractivity contribution >= 4 is 43.5 Å². The van der Waals surface area contributed by atoms with Crippen LogP contribution in [0, 0.1) is 13.8 Å². The van der Waals surface area contributed by atoms with Crippen molar-refractivity contribution in [1.29, 1.82) is 0 Å². The van der Waals surface area contributed by atoms with Gasteiger partial charge in [0, 0.05) is 10.2 Å². The second-order valence-electron chi connectivity index (χ2n) is 4.74. The van der Waals surface area contributed by atoms with E-state index in [4.69, 9.17) is 4.74 Å². The summed E-state index contributed by atoms with van der Waals surface area (Å²) < 4.78 is 7.38. The van der Waals surface area contributed by atoms with Crippen LogP contribution in [0.1, 0.15) is 11.1 Å². The molecule has 0 fully saturated rings. The number of carbonyl (C=O) groups excluding carboxylic acids is 1. The van der Waals surface area contributed by atoms with Gasteiger partial charge in [-0.3, -0.25) is 4.79 Å². The summed E-state index contributed by atoms with van der Waals surface area (Å²) in [7, 11) is 0. The Morgan fingerprint density at radius 1 is 1.14 bits per heavy atom. The molecule has 0 heterocycles. The minimum absolute atomic E-state index is 0.0328. The Morgan fingerprint density at radius 2 is 1.81 bits per heavy atom. The van der Waals surface area contributed by atoms with Gasteiger partial charge in [0.1, 0.15) is 5.75 Å². The van der Waals surface area contributed by atoms with Gasteiger partial charge >= 0.3 is 0 Å². The highest BCUT2D eigenvalue weighted by Crippen LogP contribution is 2.32. The van der Waals surface area contributed by atoms with Crippen molar-refractivity contribution in [3.8, 4) is 5.75 Å². The van der Waals surface area contributed by atoms with Gasteiger partial charge in [0.2, 0.25) is 0 Å². The maximum Gasteiger partial charge on any atom is 0.262 e. The summed E-state index contributed by atoms with van der Waals surface area (Å²) in [5, 5.41) is 2.80. The van der Waals surface area contributed by atoms with Crippen LogP contribution in [-0.4, -0.2) is 12.5 Å². The highest BCUT2D eigenvalue weighted by Gasteiger charge is 2.09. The zero-order valence-corrected chi connectivity index (χ0v) is 14.9. The standard InChI is InChI=1S/C16H15Br2NO2/c1-10-3-5-13(6-4-10)19-15(20)9-21-16-11(2)7-12(17)8-14(16)18/h3-8H,9H2,1-2H3,(H,19,20). The van der Waals surface area contributed by atoms with Gasteiger partial charge in [0.25, 0.3) is 5.91 Å². The predicted octanol–water partition coefficient (Wildman–Crippen LogP) is 4.85. The van der Waals surface area contributed by atoms with E-state index in [9.17, 15) is 4.79 Å². The Labute approximate surface area is 141 Å². The first-order chi connectivity index (χ1) is 9.95. The minimum Gasteiger partial charge on any atom is -0.482 e. The van der Waals surface area contributed by atoms with Crippen LogP contribution in [0.4, 0.5) is 5.69 Å². The van der Waals surface area contributed by atoms with Crippen molar-refractivity contribution in [3.05, 3.63) is 56.5 Å². The summed E-state index contributed by atoms with van der Waals surface area (Å²) in [5.74, 6) is 0.491. The van der Waals surface area contributed by atoms with E-state index in [-0.39, 0.29) is 12.5 Å². The van der Waals surface area contributed by atoms with Gasteiger partial charge in [-0.2, -0.15) is 0 Å². The quantitative estimate of drug-likeness (QED) is 0.779. The van der Waals surface area contributed by atoms with Crippen molar-refractivity contribution in [3.63, 3.8) is 0 Å². The highest BCUT2D eigenvalue weighted by molar-refractivity contribution is 9.11. The molecule has 2 aromatic rings. The highest BCUT2D eigenvalue weighted by atomic mass is 79.9. The Morgan fingerprint density at radius 3 is 2.43 bits per heavy atom. The molecular formula is C16H15Br2NO2. The molecule has 0 aliphatic heterocycles. The maximum atomic E-state index is 11.9. The summed E-state index contributed by atoms with van der Waals surface area (Å²) in [6.07, 6.45) is 0. The fourth-order valence-corrected chi connectivity index (χ4v) is 3.40. The number of ether oxygens (including phenoxy) is 1. The number of benzene rings is 2. The van der Waals surface area contributed by atoms with E-state index in [0.29, 0.717) is 5.75 Å². The average Bonchev–Trinajstić information content (AvgIpc) is 2.40. The number of hydrogen-bond donors (Lipinski definition) is 1. The fraction of sp³-hybridized carbons (Fsp3) is 0.188. The van der Waals surface area contributed by atoms with Crippen LogP contribution in [0.15, 0.2) is 45.3 Å². The lowest BCUT2D eigenvalue weighted by molar-refractivity contribution is -0.118. The largest absolute Gasteiger partial charge is 0.482 e. The van der Waals surface area contributed by atoms with E-state index in [1.807, 2.05) is 50.2 Å². The number of halogens is 2. The molecule has 110 valence electrons. The molecule has 21 heavy (non-hydrogen) atoms. The molecule has 3 nitrogen and oxygen atoms in total. The van der Waals surface area contributed by atoms with Crippen LogP contribution in [0.5, 0.6) is 5.75 Å². The number of hydrogen-bond acceptors (Lipinski definition) is 2. The molecule has 1 N–H and O–H groups in total. The van der Waals surface area contributed by atoms with Crippen LogP contribution >= 0.6 is 31.9 Å². The lowest BCUT2D eigenvalue weighted by Crippen LogP contribution is -2.20. The van der Waals surface area contributed by atoms with E-state index in [1.165, 1.54) is 0 Å². The second kappa shape index (κ2) is 7.09. The van der Waals surface area contributed by atoms with Crippen LogP contribution in [0.2, 0.25) is 0 Å². The first-order valence-corrected chi connectivity index (χ1v) is 7.99. The Balaban J connectivity index is 1.97. The van der Waals surface area contributed by atoms with Crippen LogP contribution < -0.4 is 10.1 Å². The average molecular weight is 413 g/mol. The summed E-state index contributed by atoms with van der Waals surface area (Å²) in [4.78, 5) is 11.9. The van der Waals surface area contributed by atoms with Gasteiger partial charge in [0.15, 0.2) is 6.61 Å². The van der Waals surface area contributed by atoms with Crippen LogP contribution in [0.25, 0.3) is 0 Å². The molecule has 0 bridgehead atoms. The van der Waals surface area contributed by atoms with E-state index in [2.05, 4.69) is 37.2 Å². The van der Waals surface area contributed by atoms with Gasteiger partial charge in [0.05, 0.1) is 4.47 Å². The van der Waals surface area contributed by atoms with Crippen molar-refractivity contribution in [2.45, 2.75) is 13.8 Å². The predicted molar refractivity (Wildman–Crippen MR) is 91.9 cm³/mol. The SMILES string of the molecule is Cc1ccc(NC(=O)COc2c(C)cc(Br)cc2Br)cc1. The molecule has 0 atom stereocenters. The van der Waals surface area contributed by atoms with Gasteiger partial charge in [-0.15, -0.1) is 0 Å². The Hall–Kier alpha value is -1.33. The maximum absolute atomic E-state index is 11.9. The third kappa shape index (κ3) is 4.58. The number of rotatable bonds is 4. The molecule has 1 amide bonds. The molecule has 0 radical (unpaired) electrons. The number of nitrogens with one attached hydrogen (secondary N) is 1. The minimum atomic E-state index is -0.187. The number of carbonyl (C=O) groups is 1. The van der Waals surface area contributed by atoms with E-state index in [1.54, 1.807) is 0 Å². The molecule has 0 aliphatic rings. The molecule has 0 spiro atoms. The van der Waals surface area contributed by atoms with Crippen molar-refractivity contribution < 1.29 is 9.53 Å². The number of anilines is 1. The smallest absolute Gasteiger partial charge is 0.262 e. The van der Waals surface area contributed by atoms with Crippen molar-refractivity contribution in [2.75, 3.05) is 11.9 Å². The molecule has 0 aliphatic carbocycles. The lowest BCUT2D eigenvalue weighted by Gasteiger charge is -2.12. The van der Waals surface area contributed by atoms with E-state index < -0.39 is 0 Å². The fourth-order valence-electron chi connectivity index (χ4n) is 1.84. The summed E-state index contributed by atoms with van der Waals surface area (Å²) in [6, 6.07) is 11.5. The summed E-state index contributed by atoms with van der Waals surface area (Å²) in [6.45, 7) is 3.90. The van der Waals surface area contributed by atoms with Gasteiger partial charge in [-0.25, -0.2) is 0 Å². The monoisotopic (exact) mass is 411 g/mol. The van der Waals surface area contributed by atoms with Gasteiger partial charge < -0.3 is 10.1 Å². The van der Waals surface area contributed by atoms with Crippen LogP contribution in [-0.2, 0) is 4.79 Å². The summed E-state index contributed by atoms with van der Waals surface area (Å²) in [5.41, 5.74) is 2.87. The molecule has 0 aromatic heterocycles. The summed E-state index contributed by atoms with van der Waals surface area (Å²) >= 11 is 6.85. The lowest BCUT2D eigenvalue weighted by atomic mass is 10.2. The molecular weight excluding hydrogens is 398 g/mol. The van der Waals surface area contributed by atoms with Gasteiger partial charge in [-0.1, -0.05) is 33.6 Å². The Kier molecular flexibility index (Phi) is 5.42. The number of aryl methyl sites for hydroxylation is 2. The van der Waals surface area contributed by atoms with Crippen LogP contribution in [0.3, 0.4) is 0 Å². The molecule has 2 rings (SSSR count). The van der Waals surface area contributed by atoms with E-state index >= 15 is 0 Å². The Bertz CT molecular complexity index is 631. The zero-order chi connectivity index (χ0) is 15.4. The third-order valence-electron chi connectivity index (χ3n) is 2.88. The topological polar surface area (TPSA) is 38.3 Å². The van der Waals surface area contributed by atoms with Crippen molar-refractivity contribution in [2.24, 2.45) is 0 Å². The zero-order valence-electron chi connectivity index (χ0n) is 11.7. The second-order valence-corrected chi connectivity index (χ2v) is 6.51. The van der Waals surface area contributed by atoms with Crippen molar-refractivity contribution in [1.82, 2.24) is 0 Å². The third-order valence-corrected chi connectivity index (χ3v) is 3.92. The first-order valence-electron chi connectivity index (χ1n) is 6.40.